The summed E-state index contributed by atoms with van der Waals surface area (Å²) in [5, 5.41) is 2.98. The first-order chi connectivity index (χ1) is 15.2. The molecule has 0 heterocycles. The van der Waals surface area contributed by atoms with Gasteiger partial charge in [0.25, 0.3) is 5.91 Å². The minimum Gasteiger partial charge on any atom is -0.481 e. The summed E-state index contributed by atoms with van der Waals surface area (Å²) in [7, 11) is 0. The number of ether oxygens (including phenoxy) is 2. The van der Waals surface area contributed by atoms with E-state index < -0.39 is 5.97 Å². The molecule has 31 heavy (non-hydrogen) atoms. The molecule has 0 fully saturated rings. The van der Waals surface area contributed by atoms with E-state index in [1.54, 1.807) is 0 Å². The first-order valence-corrected chi connectivity index (χ1v) is 10.5. The molecule has 0 bridgehead atoms. The third-order valence-corrected chi connectivity index (χ3v) is 5.39. The maximum absolute atomic E-state index is 12.3. The van der Waals surface area contributed by atoms with E-state index in [0.717, 1.165) is 36.0 Å². The maximum atomic E-state index is 12.3. The van der Waals surface area contributed by atoms with Gasteiger partial charge in [0.15, 0.2) is 13.2 Å². The standard InChI is InChI=1S/C26H25NO4/c28-25(27-23-15-8-12-19-11-4-5-13-21(19)23)17-31-26(29)18-30-24-16-7-6-14-22(24)20-9-2-1-3-10-20/h1-7,9-11,13-14,16,23H,8,12,15,17-18H2,(H,27,28). The monoisotopic (exact) mass is 415 g/mol. The fourth-order valence-corrected chi connectivity index (χ4v) is 3.91. The van der Waals surface area contributed by atoms with Crippen LogP contribution in [0.5, 0.6) is 5.75 Å². The van der Waals surface area contributed by atoms with Crippen molar-refractivity contribution >= 4 is 11.9 Å². The molecule has 0 saturated carbocycles. The third kappa shape index (κ3) is 5.31. The molecule has 1 N–H and O–H groups in total. The van der Waals surface area contributed by atoms with Crippen molar-refractivity contribution in [3.8, 4) is 16.9 Å². The average Bonchev–Trinajstić information content (AvgIpc) is 2.82. The van der Waals surface area contributed by atoms with Gasteiger partial charge in [-0.25, -0.2) is 4.79 Å². The average molecular weight is 415 g/mol. The highest BCUT2D eigenvalue weighted by atomic mass is 16.6. The number of aryl methyl sites for hydroxylation is 1. The molecule has 5 heteroatoms. The van der Waals surface area contributed by atoms with Crippen molar-refractivity contribution in [2.45, 2.75) is 25.3 Å². The van der Waals surface area contributed by atoms with E-state index in [9.17, 15) is 9.59 Å². The lowest BCUT2D eigenvalue weighted by Gasteiger charge is -2.26. The number of carbonyl (C=O) groups is 2. The Morgan fingerprint density at radius 1 is 0.871 bits per heavy atom. The van der Waals surface area contributed by atoms with Gasteiger partial charge in [0, 0.05) is 5.56 Å². The van der Waals surface area contributed by atoms with Gasteiger partial charge in [-0.05, 0) is 42.0 Å². The lowest BCUT2D eigenvalue weighted by atomic mass is 9.88. The van der Waals surface area contributed by atoms with Crippen LogP contribution >= 0.6 is 0 Å². The number of hydrogen-bond donors (Lipinski definition) is 1. The molecule has 0 saturated heterocycles. The molecule has 0 aliphatic heterocycles. The van der Waals surface area contributed by atoms with Gasteiger partial charge < -0.3 is 14.8 Å². The number of fused-ring (bicyclic) bond motifs is 1. The van der Waals surface area contributed by atoms with Crippen LogP contribution in [0.2, 0.25) is 0 Å². The smallest absolute Gasteiger partial charge is 0.344 e. The Labute approximate surface area is 182 Å². The molecule has 0 spiro atoms. The highest BCUT2D eigenvalue weighted by molar-refractivity contribution is 5.81. The van der Waals surface area contributed by atoms with Crippen LogP contribution in [0.1, 0.15) is 30.0 Å². The lowest BCUT2D eigenvalue weighted by Crippen LogP contribution is -2.34. The molecule has 0 radical (unpaired) electrons. The Morgan fingerprint density at radius 3 is 2.48 bits per heavy atom. The van der Waals surface area contributed by atoms with Gasteiger partial charge in [-0.3, -0.25) is 4.79 Å². The summed E-state index contributed by atoms with van der Waals surface area (Å²) in [6.07, 6.45) is 2.94. The van der Waals surface area contributed by atoms with E-state index in [-0.39, 0.29) is 25.2 Å². The largest absolute Gasteiger partial charge is 0.481 e. The van der Waals surface area contributed by atoms with E-state index >= 15 is 0 Å². The Morgan fingerprint density at radius 2 is 1.61 bits per heavy atom. The van der Waals surface area contributed by atoms with Crippen LogP contribution in [0.15, 0.2) is 78.9 Å². The maximum Gasteiger partial charge on any atom is 0.344 e. The molecule has 0 aromatic heterocycles. The molecule has 1 atom stereocenters. The molecule has 5 nitrogen and oxygen atoms in total. The number of para-hydroxylation sites is 1. The highest BCUT2D eigenvalue weighted by Crippen LogP contribution is 2.30. The van der Waals surface area contributed by atoms with Gasteiger partial charge in [0.05, 0.1) is 6.04 Å². The summed E-state index contributed by atoms with van der Waals surface area (Å²) in [6.45, 7) is -0.579. The molecular formula is C26H25NO4. The van der Waals surface area contributed by atoms with Crippen LogP contribution < -0.4 is 10.1 Å². The molecule has 1 unspecified atom stereocenters. The predicted octanol–water partition coefficient (Wildman–Crippen LogP) is 4.47. The SMILES string of the molecule is O=C(COC(=O)COc1ccccc1-c1ccccc1)NC1CCCc2ccccc21. The molecule has 3 aromatic rings. The molecule has 1 amide bonds. The number of hydrogen-bond acceptors (Lipinski definition) is 4. The summed E-state index contributed by atoms with van der Waals surface area (Å²) in [5.41, 5.74) is 4.30. The summed E-state index contributed by atoms with van der Waals surface area (Å²) in [5.74, 6) is -0.296. The topological polar surface area (TPSA) is 64.6 Å². The second kappa shape index (κ2) is 9.94. The van der Waals surface area contributed by atoms with Gasteiger partial charge in [0.2, 0.25) is 0 Å². The van der Waals surface area contributed by atoms with Crippen molar-refractivity contribution < 1.29 is 19.1 Å². The number of benzene rings is 3. The minimum absolute atomic E-state index is 0.0369. The van der Waals surface area contributed by atoms with Crippen LogP contribution in [0, 0.1) is 0 Å². The number of carbonyl (C=O) groups excluding carboxylic acids is 2. The molecule has 158 valence electrons. The lowest BCUT2D eigenvalue weighted by molar-refractivity contribution is -0.150. The van der Waals surface area contributed by atoms with Gasteiger partial charge in [-0.2, -0.15) is 0 Å². The summed E-state index contributed by atoms with van der Waals surface area (Å²) in [4.78, 5) is 24.4. The Balaban J connectivity index is 1.28. The zero-order valence-electron chi connectivity index (χ0n) is 17.3. The zero-order chi connectivity index (χ0) is 21.5. The van der Waals surface area contributed by atoms with Crippen LogP contribution in [0.25, 0.3) is 11.1 Å². The molecule has 1 aliphatic carbocycles. The van der Waals surface area contributed by atoms with E-state index in [1.165, 1.54) is 5.56 Å². The number of amides is 1. The van der Waals surface area contributed by atoms with E-state index in [0.29, 0.717) is 5.75 Å². The van der Waals surface area contributed by atoms with E-state index in [1.807, 2.05) is 72.8 Å². The van der Waals surface area contributed by atoms with E-state index in [2.05, 4.69) is 11.4 Å². The fraction of sp³-hybridized carbons (Fsp3) is 0.231. The van der Waals surface area contributed by atoms with Crippen LogP contribution in [0.3, 0.4) is 0 Å². The van der Waals surface area contributed by atoms with Crippen molar-refractivity contribution in [1.29, 1.82) is 0 Å². The predicted molar refractivity (Wildman–Crippen MR) is 119 cm³/mol. The van der Waals surface area contributed by atoms with Gasteiger partial charge in [0.1, 0.15) is 5.75 Å². The number of rotatable bonds is 7. The Bertz CT molecular complexity index is 1050. The first-order valence-electron chi connectivity index (χ1n) is 10.5. The van der Waals surface area contributed by atoms with Crippen LogP contribution in [0.4, 0.5) is 0 Å². The Kier molecular flexibility index (Phi) is 6.62. The van der Waals surface area contributed by atoms with Crippen molar-refractivity contribution in [1.82, 2.24) is 5.32 Å². The van der Waals surface area contributed by atoms with Gasteiger partial charge in [-0.1, -0.05) is 72.8 Å². The quantitative estimate of drug-likeness (QED) is 0.579. The fourth-order valence-electron chi connectivity index (χ4n) is 3.91. The van der Waals surface area contributed by atoms with Crippen molar-refractivity contribution in [3.05, 3.63) is 90.0 Å². The molecule has 1 aliphatic rings. The summed E-state index contributed by atoms with van der Waals surface area (Å²) < 4.78 is 10.8. The summed E-state index contributed by atoms with van der Waals surface area (Å²) in [6, 6.07) is 25.4. The van der Waals surface area contributed by atoms with Gasteiger partial charge >= 0.3 is 5.97 Å². The normalized spacial score (nSPS) is 14.9. The van der Waals surface area contributed by atoms with Gasteiger partial charge in [-0.15, -0.1) is 0 Å². The Hall–Kier alpha value is -3.60. The van der Waals surface area contributed by atoms with Crippen LogP contribution in [-0.4, -0.2) is 25.1 Å². The highest BCUT2D eigenvalue weighted by Gasteiger charge is 2.21. The minimum atomic E-state index is -0.581. The second-order valence-corrected chi connectivity index (χ2v) is 7.52. The molecule has 4 rings (SSSR count). The zero-order valence-corrected chi connectivity index (χ0v) is 17.3. The third-order valence-electron chi connectivity index (χ3n) is 5.39. The number of esters is 1. The molecular weight excluding hydrogens is 390 g/mol. The molecule has 3 aromatic carbocycles. The first kappa shape index (κ1) is 20.7. The van der Waals surface area contributed by atoms with Crippen LogP contribution in [-0.2, 0) is 20.7 Å². The van der Waals surface area contributed by atoms with E-state index in [4.69, 9.17) is 9.47 Å². The van der Waals surface area contributed by atoms with Crippen molar-refractivity contribution in [2.75, 3.05) is 13.2 Å². The number of nitrogens with one attached hydrogen (secondary N) is 1. The van der Waals surface area contributed by atoms with Crippen molar-refractivity contribution in [3.63, 3.8) is 0 Å². The summed E-state index contributed by atoms with van der Waals surface area (Å²) >= 11 is 0. The van der Waals surface area contributed by atoms with Crippen molar-refractivity contribution in [2.24, 2.45) is 0 Å². The second-order valence-electron chi connectivity index (χ2n) is 7.52.